The highest BCUT2D eigenvalue weighted by Gasteiger charge is 2.21. The molecule has 0 amide bonds. The van der Waals surface area contributed by atoms with Gasteiger partial charge in [-0.3, -0.25) is 4.79 Å². The molecule has 1 aliphatic rings. The van der Waals surface area contributed by atoms with Crippen LogP contribution in [0, 0.1) is 5.92 Å². The van der Waals surface area contributed by atoms with Crippen molar-refractivity contribution in [2.24, 2.45) is 5.92 Å². The predicted molar refractivity (Wildman–Crippen MR) is 85.1 cm³/mol. The van der Waals surface area contributed by atoms with E-state index in [1.807, 2.05) is 42.5 Å². The third kappa shape index (κ3) is 4.62. The van der Waals surface area contributed by atoms with Gasteiger partial charge in [-0.15, -0.1) is 0 Å². The van der Waals surface area contributed by atoms with Gasteiger partial charge in [-0.1, -0.05) is 30.3 Å². The first-order valence-electron chi connectivity index (χ1n) is 7.77. The highest BCUT2D eigenvalue weighted by Crippen LogP contribution is 2.29. The Kier molecular flexibility index (Phi) is 4.74. The lowest BCUT2D eigenvalue weighted by Gasteiger charge is -2.07. The summed E-state index contributed by atoms with van der Waals surface area (Å²) in [4.78, 5) is 11.8. The van der Waals surface area contributed by atoms with Gasteiger partial charge in [0.15, 0.2) is 0 Å². The number of hydrogen-bond donors (Lipinski definition) is 0. The molecule has 0 atom stereocenters. The molecule has 2 aromatic carbocycles. The summed E-state index contributed by atoms with van der Waals surface area (Å²) in [5.74, 6) is 2.05. The molecular formula is C19H20O3. The molecule has 0 spiro atoms. The van der Waals surface area contributed by atoms with Crippen molar-refractivity contribution >= 4 is 5.97 Å². The van der Waals surface area contributed by atoms with Crippen LogP contribution >= 0.6 is 0 Å². The number of benzene rings is 2. The van der Waals surface area contributed by atoms with E-state index in [1.54, 1.807) is 12.1 Å². The van der Waals surface area contributed by atoms with Crippen LogP contribution in [0.4, 0.5) is 0 Å². The molecular weight excluding hydrogens is 276 g/mol. The summed E-state index contributed by atoms with van der Waals surface area (Å²) in [5, 5.41) is 0. The third-order valence-corrected chi connectivity index (χ3v) is 3.70. The molecule has 0 bridgehead atoms. The fourth-order valence-corrected chi connectivity index (χ4v) is 2.17. The minimum atomic E-state index is -0.208. The number of carbonyl (C=O) groups excluding carboxylic acids is 1. The first kappa shape index (κ1) is 14.6. The van der Waals surface area contributed by atoms with Crippen molar-refractivity contribution in [1.82, 2.24) is 0 Å². The van der Waals surface area contributed by atoms with Crippen molar-refractivity contribution in [2.45, 2.75) is 25.7 Å². The molecule has 0 N–H and O–H groups in total. The van der Waals surface area contributed by atoms with E-state index in [4.69, 9.17) is 9.47 Å². The molecule has 2 aromatic rings. The molecule has 0 heterocycles. The molecule has 3 heteroatoms. The maximum atomic E-state index is 11.8. The van der Waals surface area contributed by atoms with Crippen molar-refractivity contribution in [2.75, 3.05) is 6.61 Å². The monoisotopic (exact) mass is 296 g/mol. The summed E-state index contributed by atoms with van der Waals surface area (Å²) in [6.07, 6.45) is 3.63. The van der Waals surface area contributed by atoms with Crippen LogP contribution in [0.25, 0.3) is 0 Å². The zero-order valence-corrected chi connectivity index (χ0v) is 12.5. The van der Waals surface area contributed by atoms with E-state index in [-0.39, 0.29) is 5.97 Å². The van der Waals surface area contributed by atoms with E-state index in [0.717, 1.165) is 23.8 Å². The Morgan fingerprint density at radius 3 is 2.36 bits per heavy atom. The van der Waals surface area contributed by atoms with Gasteiger partial charge >= 0.3 is 5.97 Å². The average Bonchev–Trinajstić information content (AvgIpc) is 3.37. The Morgan fingerprint density at radius 1 is 0.955 bits per heavy atom. The Morgan fingerprint density at radius 2 is 1.68 bits per heavy atom. The van der Waals surface area contributed by atoms with E-state index in [1.165, 1.54) is 12.8 Å². The van der Waals surface area contributed by atoms with Crippen molar-refractivity contribution in [3.8, 4) is 11.5 Å². The fraction of sp³-hybridized carbons (Fsp3) is 0.316. The summed E-state index contributed by atoms with van der Waals surface area (Å²) in [5.41, 5.74) is 1.11. The van der Waals surface area contributed by atoms with Crippen molar-refractivity contribution in [3.63, 3.8) is 0 Å². The zero-order chi connectivity index (χ0) is 15.2. The van der Waals surface area contributed by atoms with Crippen LogP contribution in [-0.4, -0.2) is 12.6 Å². The minimum absolute atomic E-state index is 0.208. The van der Waals surface area contributed by atoms with Crippen molar-refractivity contribution in [1.29, 1.82) is 0 Å². The molecule has 3 rings (SSSR count). The minimum Gasteiger partial charge on any atom is -0.493 e. The van der Waals surface area contributed by atoms with Crippen LogP contribution < -0.4 is 9.47 Å². The van der Waals surface area contributed by atoms with Gasteiger partial charge in [0.2, 0.25) is 0 Å². The fourth-order valence-electron chi connectivity index (χ4n) is 2.17. The number of aryl methyl sites for hydroxylation is 1. The van der Waals surface area contributed by atoms with Crippen LogP contribution in [0.2, 0.25) is 0 Å². The number of ether oxygens (including phenoxy) is 2. The summed E-state index contributed by atoms with van der Waals surface area (Å²) >= 11 is 0. The molecule has 0 aromatic heterocycles. The van der Waals surface area contributed by atoms with Gasteiger partial charge in [-0.2, -0.15) is 0 Å². The molecule has 114 valence electrons. The van der Waals surface area contributed by atoms with Crippen LogP contribution in [0.15, 0.2) is 54.6 Å². The summed E-state index contributed by atoms with van der Waals surface area (Å²) in [6.45, 7) is 0.822. The van der Waals surface area contributed by atoms with Gasteiger partial charge < -0.3 is 9.47 Å². The van der Waals surface area contributed by atoms with Crippen molar-refractivity contribution in [3.05, 3.63) is 60.2 Å². The Bertz CT molecular complexity index is 600. The smallest absolute Gasteiger partial charge is 0.311 e. The van der Waals surface area contributed by atoms with Gasteiger partial charge in [0, 0.05) is 6.42 Å². The largest absolute Gasteiger partial charge is 0.493 e. The lowest BCUT2D eigenvalue weighted by atomic mass is 10.1. The first-order chi connectivity index (χ1) is 10.8. The van der Waals surface area contributed by atoms with E-state index in [9.17, 15) is 4.79 Å². The Hall–Kier alpha value is -2.29. The lowest BCUT2D eigenvalue weighted by molar-refractivity contribution is -0.134. The highest BCUT2D eigenvalue weighted by molar-refractivity contribution is 5.72. The lowest BCUT2D eigenvalue weighted by Crippen LogP contribution is -2.08. The molecule has 3 nitrogen and oxygen atoms in total. The molecule has 1 saturated carbocycles. The van der Waals surface area contributed by atoms with E-state index < -0.39 is 0 Å². The number of esters is 1. The summed E-state index contributed by atoms with van der Waals surface area (Å²) in [7, 11) is 0. The number of rotatable bonds is 7. The molecule has 0 aliphatic heterocycles. The van der Waals surface area contributed by atoms with Gasteiger partial charge in [-0.25, -0.2) is 0 Å². The maximum absolute atomic E-state index is 11.8. The standard InChI is InChI=1S/C19H20O3/c20-19(22-18-4-2-1-3-5-18)13-10-15-8-11-17(12-9-15)21-14-16-6-7-16/h1-5,8-9,11-12,16H,6-7,10,13-14H2. The predicted octanol–water partition coefficient (Wildman–Crippen LogP) is 4.01. The topological polar surface area (TPSA) is 35.5 Å². The van der Waals surface area contributed by atoms with Gasteiger partial charge in [-0.05, 0) is 55.0 Å². The van der Waals surface area contributed by atoms with Crippen LogP contribution in [-0.2, 0) is 11.2 Å². The third-order valence-electron chi connectivity index (χ3n) is 3.70. The second-order valence-electron chi connectivity index (χ2n) is 5.69. The molecule has 0 saturated heterocycles. The van der Waals surface area contributed by atoms with Gasteiger partial charge in [0.05, 0.1) is 6.61 Å². The van der Waals surface area contributed by atoms with Gasteiger partial charge in [0.25, 0.3) is 0 Å². The van der Waals surface area contributed by atoms with Gasteiger partial charge in [0.1, 0.15) is 11.5 Å². The van der Waals surface area contributed by atoms with Crippen LogP contribution in [0.3, 0.4) is 0 Å². The SMILES string of the molecule is O=C(CCc1ccc(OCC2CC2)cc1)Oc1ccccc1. The number of hydrogen-bond acceptors (Lipinski definition) is 3. The van der Waals surface area contributed by atoms with Crippen LogP contribution in [0.5, 0.6) is 11.5 Å². The average molecular weight is 296 g/mol. The number of para-hydroxylation sites is 1. The normalized spacial score (nSPS) is 13.6. The second kappa shape index (κ2) is 7.12. The molecule has 0 unspecified atom stereocenters. The van der Waals surface area contributed by atoms with Crippen LogP contribution in [0.1, 0.15) is 24.8 Å². The molecule has 0 radical (unpaired) electrons. The van der Waals surface area contributed by atoms with E-state index >= 15 is 0 Å². The molecule has 22 heavy (non-hydrogen) atoms. The molecule has 1 aliphatic carbocycles. The zero-order valence-electron chi connectivity index (χ0n) is 12.5. The quantitative estimate of drug-likeness (QED) is 0.572. The van der Waals surface area contributed by atoms with E-state index in [0.29, 0.717) is 18.6 Å². The summed E-state index contributed by atoms with van der Waals surface area (Å²) in [6, 6.07) is 17.1. The molecule has 1 fully saturated rings. The Labute approximate surface area is 130 Å². The highest BCUT2D eigenvalue weighted by atomic mass is 16.5. The second-order valence-corrected chi connectivity index (χ2v) is 5.69. The first-order valence-corrected chi connectivity index (χ1v) is 7.77. The van der Waals surface area contributed by atoms with Crippen molar-refractivity contribution < 1.29 is 14.3 Å². The van der Waals surface area contributed by atoms with E-state index in [2.05, 4.69) is 0 Å². The number of carbonyl (C=O) groups is 1. The summed E-state index contributed by atoms with van der Waals surface area (Å²) < 4.78 is 11.0. The maximum Gasteiger partial charge on any atom is 0.311 e. The Balaban J connectivity index is 1.43.